The molecule has 0 bridgehead atoms. The largest absolute Gasteiger partial charge is 0.379 e. The Hall–Kier alpha value is -0.940. The molecule has 0 saturated carbocycles. The Labute approximate surface area is 145 Å². The fourth-order valence-electron chi connectivity index (χ4n) is 2.70. The third kappa shape index (κ3) is 7.75. The molecule has 2 aliphatic rings. The summed E-state index contributed by atoms with van der Waals surface area (Å²) < 4.78 is 21.4. The van der Waals surface area contributed by atoms with Gasteiger partial charge in [-0.3, -0.25) is 0 Å². The second-order valence-electron chi connectivity index (χ2n) is 6.79. The molecule has 0 N–H and O–H groups in total. The molecule has 1 aromatic carbocycles. The van der Waals surface area contributed by atoms with Crippen LogP contribution in [0.5, 0.6) is 0 Å². The highest BCUT2D eigenvalue weighted by Crippen LogP contribution is 2.12. The Balaban J connectivity index is 1.17. The first-order chi connectivity index (χ1) is 11.9. The van der Waals surface area contributed by atoms with E-state index in [-0.39, 0.29) is 0 Å². The molecule has 4 heteroatoms. The molecule has 2 heterocycles. The van der Waals surface area contributed by atoms with Gasteiger partial charge in [0.05, 0.1) is 26.4 Å². The quantitative estimate of drug-likeness (QED) is 0.387. The number of unbranched alkanes of at least 4 members (excludes halogenated alkanes) is 2. The van der Waals surface area contributed by atoms with Crippen molar-refractivity contribution in [1.29, 1.82) is 0 Å². The van der Waals surface area contributed by atoms with Crippen LogP contribution in [0.15, 0.2) is 24.3 Å². The average molecular weight is 334 g/mol. The molecule has 0 aliphatic carbocycles. The van der Waals surface area contributed by atoms with Crippen LogP contribution in [-0.2, 0) is 31.8 Å². The highest BCUT2D eigenvalue weighted by atomic mass is 16.6. The van der Waals surface area contributed by atoms with Gasteiger partial charge >= 0.3 is 0 Å². The van der Waals surface area contributed by atoms with Gasteiger partial charge in [-0.2, -0.15) is 0 Å². The van der Waals surface area contributed by atoms with Crippen molar-refractivity contribution < 1.29 is 18.9 Å². The van der Waals surface area contributed by atoms with Gasteiger partial charge in [-0.25, -0.2) is 0 Å². The van der Waals surface area contributed by atoms with Gasteiger partial charge in [0.15, 0.2) is 0 Å². The van der Waals surface area contributed by atoms with E-state index >= 15 is 0 Å². The fraction of sp³-hybridized carbons (Fsp3) is 0.700. The van der Waals surface area contributed by atoms with Gasteiger partial charge in [-0.15, -0.1) is 0 Å². The normalized spacial score (nSPS) is 21.8. The summed E-state index contributed by atoms with van der Waals surface area (Å²) >= 11 is 0. The van der Waals surface area contributed by atoms with Gasteiger partial charge in [0.2, 0.25) is 0 Å². The zero-order valence-electron chi connectivity index (χ0n) is 14.6. The number of epoxide rings is 2. The maximum atomic E-state index is 5.56. The highest BCUT2D eigenvalue weighted by molar-refractivity contribution is 5.22. The van der Waals surface area contributed by atoms with Crippen LogP contribution in [0.3, 0.4) is 0 Å². The molecule has 1 aromatic rings. The molecule has 24 heavy (non-hydrogen) atoms. The predicted octanol–water partition coefficient (Wildman–Crippen LogP) is 3.16. The Morgan fingerprint density at radius 3 is 1.50 bits per heavy atom. The number of hydrogen-bond acceptors (Lipinski definition) is 4. The third-order valence-corrected chi connectivity index (χ3v) is 4.44. The van der Waals surface area contributed by atoms with Crippen molar-refractivity contribution in [3.8, 4) is 0 Å². The van der Waals surface area contributed by atoms with E-state index in [2.05, 4.69) is 24.3 Å². The van der Waals surface area contributed by atoms with E-state index in [1.807, 2.05) is 0 Å². The van der Waals surface area contributed by atoms with Crippen LogP contribution >= 0.6 is 0 Å². The first-order valence-corrected chi connectivity index (χ1v) is 9.36. The zero-order chi connectivity index (χ0) is 16.5. The molecular weight excluding hydrogens is 304 g/mol. The monoisotopic (exact) mass is 334 g/mol. The summed E-state index contributed by atoms with van der Waals surface area (Å²) in [7, 11) is 0. The molecule has 4 nitrogen and oxygen atoms in total. The summed E-state index contributed by atoms with van der Waals surface area (Å²) in [6.45, 7) is 5.02. The Morgan fingerprint density at radius 1 is 0.708 bits per heavy atom. The van der Waals surface area contributed by atoms with Crippen LogP contribution in [0.4, 0.5) is 0 Å². The van der Waals surface area contributed by atoms with Crippen molar-refractivity contribution in [2.75, 3.05) is 39.6 Å². The number of aryl methyl sites for hydroxylation is 2. The maximum Gasteiger partial charge on any atom is 0.104 e. The van der Waals surface area contributed by atoms with E-state index in [0.29, 0.717) is 12.2 Å². The minimum absolute atomic E-state index is 0.385. The molecule has 0 radical (unpaired) electrons. The molecule has 134 valence electrons. The first kappa shape index (κ1) is 17.9. The van der Waals surface area contributed by atoms with Crippen molar-refractivity contribution in [1.82, 2.24) is 0 Å². The Bertz CT molecular complexity index is 408. The summed E-state index contributed by atoms with van der Waals surface area (Å²) in [6.07, 6.45) is 7.68. The van der Waals surface area contributed by atoms with E-state index in [9.17, 15) is 0 Å². The van der Waals surface area contributed by atoms with Crippen LogP contribution in [0, 0.1) is 0 Å². The van der Waals surface area contributed by atoms with Crippen molar-refractivity contribution >= 4 is 0 Å². The lowest BCUT2D eigenvalue weighted by Crippen LogP contribution is -2.03. The lowest BCUT2D eigenvalue weighted by molar-refractivity contribution is 0.113. The molecule has 2 fully saturated rings. The van der Waals surface area contributed by atoms with Gasteiger partial charge in [0, 0.05) is 13.2 Å². The van der Waals surface area contributed by atoms with Crippen LogP contribution in [-0.4, -0.2) is 51.8 Å². The molecule has 2 saturated heterocycles. The second kappa shape index (κ2) is 10.1. The van der Waals surface area contributed by atoms with Crippen molar-refractivity contribution in [3.05, 3.63) is 35.4 Å². The Kier molecular flexibility index (Phi) is 7.55. The van der Waals surface area contributed by atoms with Gasteiger partial charge in [-0.1, -0.05) is 24.3 Å². The summed E-state index contributed by atoms with van der Waals surface area (Å²) in [4.78, 5) is 0. The molecule has 3 rings (SSSR count). The average Bonchev–Trinajstić information content (AvgIpc) is 3.50. The van der Waals surface area contributed by atoms with E-state index in [1.165, 1.54) is 24.0 Å². The zero-order valence-corrected chi connectivity index (χ0v) is 14.6. The molecule has 2 aliphatic heterocycles. The molecule has 0 amide bonds. The van der Waals surface area contributed by atoms with Gasteiger partial charge in [0.1, 0.15) is 12.2 Å². The second-order valence-corrected chi connectivity index (χ2v) is 6.79. The highest BCUT2D eigenvalue weighted by Gasteiger charge is 2.22. The minimum Gasteiger partial charge on any atom is -0.379 e. The van der Waals surface area contributed by atoms with E-state index in [4.69, 9.17) is 18.9 Å². The van der Waals surface area contributed by atoms with Crippen LogP contribution in [0.2, 0.25) is 0 Å². The van der Waals surface area contributed by atoms with Crippen molar-refractivity contribution in [2.24, 2.45) is 0 Å². The smallest absolute Gasteiger partial charge is 0.104 e. The summed E-state index contributed by atoms with van der Waals surface area (Å²) in [5.74, 6) is 0. The van der Waals surface area contributed by atoms with E-state index in [0.717, 1.165) is 65.3 Å². The summed E-state index contributed by atoms with van der Waals surface area (Å²) in [5.41, 5.74) is 2.86. The van der Waals surface area contributed by atoms with E-state index in [1.54, 1.807) is 0 Å². The van der Waals surface area contributed by atoms with Gasteiger partial charge < -0.3 is 18.9 Å². The number of rotatable bonds is 14. The standard InChI is InChI=1S/C20H30O4/c1(3-11-21-13-19-15-23-19)5-17-7-9-18(10-8-17)6-2-4-12-22-14-20-16-24-20/h7-10,19-20H,1-6,11-16H2. The molecular formula is C20H30O4. The number of benzene rings is 1. The summed E-state index contributed by atoms with van der Waals surface area (Å²) in [5, 5.41) is 0. The minimum atomic E-state index is 0.385. The fourth-order valence-corrected chi connectivity index (χ4v) is 2.70. The maximum absolute atomic E-state index is 5.56. The van der Waals surface area contributed by atoms with Gasteiger partial charge in [-0.05, 0) is 49.7 Å². The third-order valence-electron chi connectivity index (χ3n) is 4.44. The summed E-state index contributed by atoms with van der Waals surface area (Å²) in [6, 6.07) is 9.09. The van der Waals surface area contributed by atoms with Crippen LogP contribution in [0.25, 0.3) is 0 Å². The van der Waals surface area contributed by atoms with E-state index < -0.39 is 0 Å². The first-order valence-electron chi connectivity index (χ1n) is 9.36. The SMILES string of the molecule is c1cc(CCCCOCC2CO2)ccc1CCCCOCC1CO1. The molecule has 2 unspecified atom stereocenters. The van der Waals surface area contributed by atoms with Gasteiger partial charge in [0.25, 0.3) is 0 Å². The number of ether oxygens (including phenoxy) is 4. The number of hydrogen-bond donors (Lipinski definition) is 0. The van der Waals surface area contributed by atoms with Crippen LogP contribution in [0.1, 0.15) is 36.8 Å². The topological polar surface area (TPSA) is 43.5 Å². The molecule has 2 atom stereocenters. The predicted molar refractivity (Wildman–Crippen MR) is 93.4 cm³/mol. The molecule has 0 aromatic heterocycles. The lowest BCUT2D eigenvalue weighted by atomic mass is 10.0. The molecule has 0 spiro atoms. The van der Waals surface area contributed by atoms with Crippen LogP contribution < -0.4 is 0 Å². The van der Waals surface area contributed by atoms with Crippen molar-refractivity contribution in [3.63, 3.8) is 0 Å². The lowest BCUT2D eigenvalue weighted by Gasteiger charge is -2.06. The Morgan fingerprint density at radius 2 is 1.12 bits per heavy atom. The van der Waals surface area contributed by atoms with Crippen molar-refractivity contribution in [2.45, 2.75) is 50.7 Å².